The molecule has 4 heteroatoms. The lowest BCUT2D eigenvalue weighted by Gasteiger charge is -2.20. The highest BCUT2D eigenvalue weighted by Gasteiger charge is 2.16. The number of hydrogen-bond donors (Lipinski definition) is 1. The van der Waals surface area contributed by atoms with E-state index in [1.807, 2.05) is 6.07 Å². The van der Waals surface area contributed by atoms with Gasteiger partial charge in [0.05, 0.1) is 4.34 Å². The second-order valence-electron chi connectivity index (χ2n) is 4.50. The van der Waals surface area contributed by atoms with E-state index in [0.29, 0.717) is 6.04 Å². The first-order chi connectivity index (χ1) is 9.11. The number of aryl methyl sites for hydroxylation is 1. The lowest BCUT2D eigenvalue weighted by molar-refractivity contribution is 0.551. The third-order valence-electron chi connectivity index (χ3n) is 3.08. The minimum Gasteiger partial charge on any atom is -0.310 e. The number of likely N-dealkylation sites (N-methyl/N-ethyl adjacent to an activating group) is 1. The summed E-state index contributed by atoms with van der Waals surface area (Å²) in [4.78, 5) is 1.33. The monoisotopic (exact) mass is 405 g/mol. The van der Waals surface area contributed by atoms with Crippen molar-refractivity contribution in [1.82, 2.24) is 5.32 Å². The van der Waals surface area contributed by atoms with E-state index in [2.05, 4.69) is 66.0 Å². The predicted molar refractivity (Wildman–Crippen MR) is 93.3 cm³/mol. The van der Waals surface area contributed by atoms with Crippen molar-refractivity contribution in [2.24, 2.45) is 0 Å². The number of halogens is 2. The molecule has 0 aliphatic rings. The maximum atomic E-state index is 6.02. The van der Waals surface area contributed by atoms with Gasteiger partial charge in [-0.2, -0.15) is 0 Å². The van der Waals surface area contributed by atoms with Crippen LogP contribution in [0.2, 0.25) is 4.34 Å². The van der Waals surface area contributed by atoms with Crippen molar-refractivity contribution in [2.45, 2.75) is 26.3 Å². The number of hydrogen-bond acceptors (Lipinski definition) is 2. The topological polar surface area (TPSA) is 12.0 Å². The summed E-state index contributed by atoms with van der Waals surface area (Å²) in [6.07, 6.45) is 0.991. The molecule has 0 saturated heterocycles. The highest BCUT2D eigenvalue weighted by Crippen LogP contribution is 2.29. The molecule has 2 aromatic rings. The van der Waals surface area contributed by atoms with Crippen molar-refractivity contribution in [3.05, 3.63) is 54.2 Å². The summed E-state index contributed by atoms with van der Waals surface area (Å²) in [6.45, 7) is 5.28. The van der Waals surface area contributed by atoms with Crippen molar-refractivity contribution in [2.75, 3.05) is 6.54 Å². The van der Waals surface area contributed by atoms with Crippen LogP contribution in [-0.2, 0) is 6.42 Å². The van der Waals surface area contributed by atoms with Gasteiger partial charge in [0.2, 0.25) is 0 Å². The molecule has 1 unspecified atom stereocenters. The first-order valence-electron chi connectivity index (χ1n) is 6.34. The van der Waals surface area contributed by atoms with Crippen LogP contribution in [0.25, 0.3) is 0 Å². The normalized spacial score (nSPS) is 12.6. The SMILES string of the molecule is CCNC(Cc1ccc(Cl)s1)c1cccc(C)c1I. The molecular weight excluding hydrogens is 389 g/mol. The van der Waals surface area contributed by atoms with Crippen molar-refractivity contribution in [3.63, 3.8) is 0 Å². The van der Waals surface area contributed by atoms with Crippen molar-refractivity contribution in [3.8, 4) is 0 Å². The summed E-state index contributed by atoms with van der Waals surface area (Å²) in [7, 11) is 0. The van der Waals surface area contributed by atoms with Crippen LogP contribution in [0.3, 0.4) is 0 Å². The molecule has 1 aromatic carbocycles. The lowest BCUT2D eigenvalue weighted by atomic mass is 10.0. The van der Waals surface area contributed by atoms with Crippen LogP contribution in [0, 0.1) is 10.5 Å². The third-order valence-corrected chi connectivity index (χ3v) is 5.81. The van der Waals surface area contributed by atoms with Crippen LogP contribution in [0.1, 0.15) is 29.0 Å². The van der Waals surface area contributed by atoms with Gasteiger partial charge in [-0.05, 0) is 59.3 Å². The van der Waals surface area contributed by atoms with E-state index >= 15 is 0 Å². The second-order valence-corrected chi connectivity index (χ2v) is 7.38. The molecular formula is C15H17ClINS. The molecule has 1 N–H and O–H groups in total. The number of benzene rings is 1. The van der Waals surface area contributed by atoms with Crippen LogP contribution in [0.15, 0.2) is 30.3 Å². The van der Waals surface area contributed by atoms with Crippen LogP contribution in [-0.4, -0.2) is 6.54 Å². The largest absolute Gasteiger partial charge is 0.310 e. The molecule has 0 radical (unpaired) electrons. The standard InChI is InChI=1S/C15H17ClINS/c1-3-18-13(9-11-7-8-14(16)19-11)12-6-4-5-10(2)15(12)17/h4-8,13,18H,3,9H2,1-2H3. The van der Waals surface area contributed by atoms with Gasteiger partial charge in [0.15, 0.2) is 0 Å². The summed E-state index contributed by atoms with van der Waals surface area (Å²) < 4.78 is 2.22. The minimum atomic E-state index is 0.353. The second kappa shape index (κ2) is 7.07. The molecule has 0 aliphatic carbocycles. The van der Waals surface area contributed by atoms with E-state index in [9.17, 15) is 0 Å². The van der Waals surface area contributed by atoms with Gasteiger partial charge in [-0.25, -0.2) is 0 Å². The molecule has 1 heterocycles. The molecule has 2 rings (SSSR count). The Morgan fingerprint density at radius 3 is 2.74 bits per heavy atom. The van der Waals surface area contributed by atoms with Crippen molar-refractivity contribution in [1.29, 1.82) is 0 Å². The van der Waals surface area contributed by atoms with Gasteiger partial charge in [-0.3, -0.25) is 0 Å². The predicted octanol–water partition coefficient (Wildman–Crippen LogP) is 5.21. The average Bonchev–Trinajstić information content (AvgIpc) is 2.78. The Labute approximate surface area is 137 Å². The molecule has 1 nitrogen and oxygen atoms in total. The van der Waals surface area contributed by atoms with Gasteiger partial charge in [0.1, 0.15) is 0 Å². The Bertz CT molecular complexity index is 553. The molecule has 102 valence electrons. The molecule has 0 bridgehead atoms. The summed E-state index contributed by atoms with van der Waals surface area (Å²) >= 11 is 10.1. The highest BCUT2D eigenvalue weighted by atomic mass is 127. The van der Waals surface area contributed by atoms with Gasteiger partial charge in [0.25, 0.3) is 0 Å². The number of nitrogens with one attached hydrogen (secondary N) is 1. The van der Waals surface area contributed by atoms with E-state index in [4.69, 9.17) is 11.6 Å². The molecule has 0 spiro atoms. The fourth-order valence-corrected chi connectivity index (χ4v) is 4.01. The summed E-state index contributed by atoms with van der Waals surface area (Å²) in [5.74, 6) is 0. The smallest absolute Gasteiger partial charge is 0.0931 e. The van der Waals surface area contributed by atoms with Gasteiger partial charge in [-0.15, -0.1) is 11.3 Å². The Kier molecular flexibility index (Phi) is 5.69. The third kappa shape index (κ3) is 3.94. The highest BCUT2D eigenvalue weighted by molar-refractivity contribution is 14.1. The van der Waals surface area contributed by atoms with Crippen molar-refractivity contribution >= 4 is 45.5 Å². The fraction of sp³-hybridized carbons (Fsp3) is 0.333. The quantitative estimate of drug-likeness (QED) is 0.674. The van der Waals surface area contributed by atoms with E-state index in [1.165, 1.54) is 19.6 Å². The van der Waals surface area contributed by atoms with Gasteiger partial charge in [-0.1, -0.05) is 36.7 Å². The van der Waals surface area contributed by atoms with Crippen LogP contribution >= 0.6 is 45.5 Å². The van der Waals surface area contributed by atoms with Gasteiger partial charge in [0, 0.05) is 20.9 Å². The molecule has 1 aromatic heterocycles. The summed E-state index contributed by atoms with van der Waals surface area (Å²) in [5.41, 5.74) is 2.72. The lowest BCUT2D eigenvalue weighted by Crippen LogP contribution is -2.23. The maximum absolute atomic E-state index is 6.02. The zero-order valence-electron chi connectivity index (χ0n) is 11.0. The minimum absolute atomic E-state index is 0.353. The molecule has 0 aliphatic heterocycles. The molecule has 0 fully saturated rings. The van der Waals surface area contributed by atoms with E-state index in [1.54, 1.807) is 11.3 Å². The van der Waals surface area contributed by atoms with Crippen molar-refractivity contribution < 1.29 is 0 Å². The Morgan fingerprint density at radius 2 is 2.11 bits per heavy atom. The molecule has 1 atom stereocenters. The van der Waals surface area contributed by atoms with Crippen LogP contribution in [0.4, 0.5) is 0 Å². The first-order valence-corrected chi connectivity index (χ1v) is 8.61. The summed E-state index contributed by atoms with van der Waals surface area (Å²) in [6, 6.07) is 11.0. The zero-order chi connectivity index (χ0) is 13.8. The van der Waals surface area contributed by atoms with E-state index < -0.39 is 0 Å². The van der Waals surface area contributed by atoms with Crippen LogP contribution < -0.4 is 5.32 Å². The van der Waals surface area contributed by atoms with Crippen LogP contribution in [0.5, 0.6) is 0 Å². The number of rotatable bonds is 5. The fourth-order valence-electron chi connectivity index (χ4n) is 2.14. The zero-order valence-corrected chi connectivity index (χ0v) is 14.8. The van der Waals surface area contributed by atoms with Gasteiger partial charge < -0.3 is 5.32 Å². The maximum Gasteiger partial charge on any atom is 0.0931 e. The summed E-state index contributed by atoms with van der Waals surface area (Å²) in [5, 5.41) is 3.58. The Balaban J connectivity index is 2.26. The molecule has 0 saturated carbocycles. The molecule has 0 amide bonds. The van der Waals surface area contributed by atoms with E-state index in [-0.39, 0.29) is 0 Å². The number of thiophene rings is 1. The Morgan fingerprint density at radius 1 is 1.32 bits per heavy atom. The first kappa shape index (κ1) is 15.3. The molecule has 19 heavy (non-hydrogen) atoms. The van der Waals surface area contributed by atoms with E-state index in [0.717, 1.165) is 17.3 Å². The Hall–Kier alpha value is -0.100. The van der Waals surface area contributed by atoms with Gasteiger partial charge >= 0.3 is 0 Å². The average molecular weight is 406 g/mol.